The van der Waals surface area contributed by atoms with Crippen LogP contribution >= 0.6 is 0 Å². The molecule has 0 spiro atoms. The van der Waals surface area contributed by atoms with E-state index in [0.29, 0.717) is 12.2 Å². The lowest BCUT2D eigenvalue weighted by atomic mass is 10.1. The summed E-state index contributed by atoms with van der Waals surface area (Å²) in [4.78, 5) is 12.4. The molecule has 0 aliphatic carbocycles. The maximum Gasteiger partial charge on any atom is 0.265 e. The van der Waals surface area contributed by atoms with Gasteiger partial charge in [0.15, 0.2) is 6.10 Å². The van der Waals surface area contributed by atoms with Crippen molar-refractivity contribution < 1.29 is 9.53 Å². The number of hydrogen-bond donors (Lipinski definition) is 1. The van der Waals surface area contributed by atoms with Gasteiger partial charge in [-0.3, -0.25) is 4.79 Å². The summed E-state index contributed by atoms with van der Waals surface area (Å²) in [5, 5.41) is 2.96. The lowest BCUT2D eigenvalue weighted by molar-refractivity contribution is -0.122. The molecular weight excluding hydrogens is 274 g/mol. The Morgan fingerprint density at radius 2 is 1.68 bits per heavy atom. The molecule has 0 heterocycles. The van der Waals surface area contributed by atoms with Gasteiger partial charge in [0.05, 0.1) is 0 Å². The molecule has 2 aromatic rings. The molecule has 22 heavy (non-hydrogen) atoms. The molecule has 2 rings (SSSR count). The van der Waals surface area contributed by atoms with Crippen LogP contribution < -0.4 is 10.1 Å². The summed E-state index contributed by atoms with van der Waals surface area (Å²) in [6.07, 6.45) is 0.119. The lowest BCUT2D eigenvalue weighted by Crippen LogP contribution is -2.32. The van der Waals surface area contributed by atoms with Crippen molar-refractivity contribution in [2.24, 2.45) is 0 Å². The van der Waals surface area contributed by atoms with Crippen LogP contribution in [0.25, 0.3) is 0 Å². The van der Waals surface area contributed by atoms with Crippen molar-refractivity contribution in [3.05, 3.63) is 59.2 Å². The third kappa shape index (κ3) is 4.10. The van der Waals surface area contributed by atoms with Crippen molar-refractivity contribution in [1.82, 2.24) is 0 Å². The summed E-state index contributed by atoms with van der Waals surface area (Å²) in [5.41, 5.74) is 4.23. The molecule has 0 aliphatic heterocycles. The van der Waals surface area contributed by atoms with Gasteiger partial charge in [0.2, 0.25) is 0 Å². The second-order valence-electron chi connectivity index (χ2n) is 5.64. The zero-order chi connectivity index (χ0) is 16.1. The Hall–Kier alpha value is -2.29. The van der Waals surface area contributed by atoms with Gasteiger partial charge in [-0.25, -0.2) is 0 Å². The lowest BCUT2D eigenvalue weighted by Gasteiger charge is -2.18. The highest BCUT2D eigenvalue weighted by Crippen LogP contribution is 2.19. The standard InChI is InChI=1S/C19H23NO2/c1-5-18(22-16-9-6-13(2)7-10-16)19(21)20-17-11-8-14(3)12-15(17)4/h6-12,18H,5H2,1-4H3,(H,20,21). The van der Waals surface area contributed by atoms with Gasteiger partial charge in [0, 0.05) is 5.69 Å². The highest BCUT2D eigenvalue weighted by Gasteiger charge is 2.19. The Balaban J connectivity index is 2.06. The highest BCUT2D eigenvalue weighted by atomic mass is 16.5. The van der Waals surface area contributed by atoms with Gasteiger partial charge >= 0.3 is 0 Å². The number of amides is 1. The minimum absolute atomic E-state index is 0.116. The second-order valence-corrected chi connectivity index (χ2v) is 5.64. The van der Waals surface area contributed by atoms with E-state index in [1.54, 1.807) is 0 Å². The van der Waals surface area contributed by atoms with E-state index in [1.165, 1.54) is 11.1 Å². The summed E-state index contributed by atoms with van der Waals surface area (Å²) in [6.45, 7) is 7.99. The Labute approximate surface area is 132 Å². The van der Waals surface area contributed by atoms with Gasteiger partial charge in [-0.2, -0.15) is 0 Å². The van der Waals surface area contributed by atoms with Crippen LogP contribution in [0.2, 0.25) is 0 Å². The molecule has 1 atom stereocenters. The maximum absolute atomic E-state index is 12.4. The van der Waals surface area contributed by atoms with Gasteiger partial charge in [-0.1, -0.05) is 42.3 Å². The maximum atomic E-state index is 12.4. The summed E-state index contributed by atoms with van der Waals surface area (Å²) in [6, 6.07) is 13.7. The average Bonchev–Trinajstić information content (AvgIpc) is 2.49. The zero-order valence-electron chi connectivity index (χ0n) is 13.6. The summed E-state index contributed by atoms with van der Waals surface area (Å²) >= 11 is 0. The van der Waals surface area contributed by atoms with Crippen molar-refractivity contribution in [1.29, 1.82) is 0 Å². The largest absolute Gasteiger partial charge is 0.481 e. The number of nitrogens with one attached hydrogen (secondary N) is 1. The molecule has 0 aromatic heterocycles. The number of rotatable bonds is 5. The number of aryl methyl sites for hydroxylation is 3. The van der Waals surface area contributed by atoms with Crippen molar-refractivity contribution >= 4 is 11.6 Å². The molecule has 3 heteroatoms. The number of hydrogen-bond acceptors (Lipinski definition) is 2. The normalized spacial score (nSPS) is 11.8. The number of carbonyl (C=O) groups is 1. The molecule has 0 fully saturated rings. The Morgan fingerprint density at radius 3 is 2.27 bits per heavy atom. The first-order valence-electron chi connectivity index (χ1n) is 7.61. The quantitative estimate of drug-likeness (QED) is 0.888. The van der Waals surface area contributed by atoms with E-state index < -0.39 is 6.10 Å². The molecule has 3 nitrogen and oxygen atoms in total. The van der Waals surface area contributed by atoms with Gasteiger partial charge in [0.1, 0.15) is 5.75 Å². The predicted octanol–water partition coefficient (Wildman–Crippen LogP) is 4.41. The van der Waals surface area contributed by atoms with Gasteiger partial charge in [-0.15, -0.1) is 0 Å². The number of benzene rings is 2. The number of anilines is 1. The first-order chi connectivity index (χ1) is 10.5. The summed E-state index contributed by atoms with van der Waals surface area (Å²) < 4.78 is 5.80. The van der Waals surface area contributed by atoms with Crippen molar-refractivity contribution in [3.8, 4) is 5.75 Å². The number of ether oxygens (including phenoxy) is 1. The Kier molecular flexibility index (Phi) is 5.21. The van der Waals surface area contributed by atoms with E-state index in [1.807, 2.05) is 64.1 Å². The van der Waals surface area contributed by atoms with Crippen LogP contribution in [0.5, 0.6) is 5.75 Å². The predicted molar refractivity (Wildman–Crippen MR) is 90.4 cm³/mol. The molecule has 2 aromatic carbocycles. The minimum Gasteiger partial charge on any atom is -0.481 e. The molecule has 1 amide bonds. The highest BCUT2D eigenvalue weighted by molar-refractivity contribution is 5.95. The van der Waals surface area contributed by atoms with E-state index in [2.05, 4.69) is 11.4 Å². The third-order valence-electron chi connectivity index (χ3n) is 3.60. The fraction of sp³-hybridized carbons (Fsp3) is 0.316. The molecule has 1 unspecified atom stereocenters. The van der Waals surface area contributed by atoms with E-state index in [-0.39, 0.29) is 5.91 Å². The Bertz CT molecular complexity index is 647. The van der Waals surface area contributed by atoms with E-state index in [9.17, 15) is 4.79 Å². The molecule has 0 saturated heterocycles. The van der Waals surface area contributed by atoms with Crippen LogP contribution in [0.4, 0.5) is 5.69 Å². The molecule has 0 saturated carbocycles. The van der Waals surface area contributed by atoms with Gasteiger partial charge in [-0.05, 0) is 51.0 Å². The third-order valence-corrected chi connectivity index (χ3v) is 3.60. The molecule has 0 bridgehead atoms. The Morgan fingerprint density at radius 1 is 1.05 bits per heavy atom. The number of carbonyl (C=O) groups excluding carboxylic acids is 1. The summed E-state index contributed by atoms with van der Waals surface area (Å²) in [5.74, 6) is 0.600. The topological polar surface area (TPSA) is 38.3 Å². The molecule has 116 valence electrons. The SMILES string of the molecule is CCC(Oc1ccc(C)cc1)C(=O)Nc1ccc(C)cc1C. The molecule has 0 aliphatic rings. The second kappa shape index (κ2) is 7.12. The molecule has 1 N–H and O–H groups in total. The van der Waals surface area contributed by atoms with E-state index in [4.69, 9.17) is 4.74 Å². The van der Waals surface area contributed by atoms with Crippen LogP contribution in [-0.2, 0) is 4.79 Å². The van der Waals surface area contributed by atoms with Crippen molar-refractivity contribution in [3.63, 3.8) is 0 Å². The van der Waals surface area contributed by atoms with Crippen molar-refractivity contribution in [2.45, 2.75) is 40.2 Å². The smallest absolute Gasteiger partial charge is 0.265 e. The fourth-order valence-corrected chi connectivity index (χ4v) is 2.27. The summed E-state index contributed by atoms with van der Waals surface area (Å²) in [7, 11) is 0. The van der Waals surface area contributed by atoms with Crippen LogP contribution in [0, 0.1) is 20.8 Å². The average molecular weight is 297 g/mol. The van der Waals surface area contributed by atoms with Crippen LogP contribution in [0.1, 0.15) is 30.0 Å². The van der Waals surface area contributed by atoms with Crippen LogP contribution in [0.3, 0.4) is 0 Å². The first-order valence-corrected chi connectivity index (χ1v) is 7.61. The zero-order valence-corrected chi connectivity index (χ0v) is 13.6. The van der Waals surface area contributed by atoms with Crippen molar-refractivity contribution in [2.75, 3.05) is 5.32 Å². The first kappa shape index (κ1) is 16.1. The van der Waals surface area contributed by atoms with E-state index in [0.717, 1.165) is 11.3 Å². The van der Waals surface area contributed by atoms with Gasteiger partial charge < -0.3 is 10.1 Å². The van der Waals surface area contributed by atoms with Gasteiger partial charge in [0.25, 0.3) is 5.91 Å². The van der Waals surface area contributed by atoms with E-state index >= 15 is 0 Å². The van der Waals surface area contributed by atoms with Crippen LogP contribution in [0.15, 0.2) is 42.5 Å². The minimum atomic E-state index is -0.497. The molecular formula is C19H23NO2. The van der Waals surface area contributed by atoms with Crippen LogP contribution in [-0.4, -0.2) is 12.0 Å². The monoisotopic (exact) mass is 297 g/mol. The fourth-order valence-electron chi connectivity index (χ4n) is 2.27. The molecule has 0 radical (unpaired) electrons.